The van der Waals surface area contributed by atoms with Crippen LogP contribution < -0.4 is 15.4 Å². The zero-order valence-corrected chi connectivity index (χ0v) is 16.4. The number of benzene rings is 2. The molecule has 0 radical (unpaired) electrons. The van der Waals surface area contributed by atoms with Crippen molar-refractivity contribution in [3.63, 3.8) is 0 Å². The van der Waals surface area contributed by atoms with Gasteiger partial charge in [0.25, 0.3) is 5.91 Å². The Hall–Kier alpha value is -3.02. The second-order valence-electron chi connectivity index (χ2n) is 7.01. The highest BCUT2D eigenvalue weighted by atomic mass is 16.6. The molecule has 2 aromatic carbocycles. The molecular formula is C21H26N2O4. The number of nitrogens with one attached hydrogen (secondary N) is 2. The van der Waals surface area contributed by atoms with E-state index in [1.165, 1.54) is 7.11 Å². The number of hydrogen-bond donors (Lipinski definition) is 2. The van der Waals surface area contributed by atoms with Crippen LogP contribution in [-0.2, 0) is 11.2 Å². The fraction of sp³-hybridized carbons (Fsp3) is 0.333. The third-order valence-corrected chi connectivity index (χ3v) is 3.74. The first-order valence-electron chi connectivity index (χ1n) is 8.80. The fourth-order valence-electron chi connectivity index (χ4n) is 2.43. The Morgan fingerprint density at radius 3 is 2.22 bits per heavy atom. The maximum atomic E-state index is 12.6. The molecule has 2 N–H and O–H groups in total. The summed E-state index contributed by atoms with van der Waals surface area (Å²) in [6, 6.07) is 12.5. The zero-order chi connectivity index (χ0) is 20.0. The van der Waals surface area contributed by atoms with Gasteiger partial charge in [-0.3, -0.25) is 10.1 Å². The Bertz CT molecular complexity index is 808. The van der Waals surface area contributed by atoms with E-state index in [1.807, 2.05) is 12.1 Å². The van der Waals surface area contributed by atoms with Gasteiger partial charge >= 0.3 is 6.09 Å². The van der Waals surface area contributed by atoms with E-state index < -0.39 is 11.7 Å². The number of aryl methyl sites for hydroxylation is 1. The summed E-state index contributed by atoms with van der Waals surface area (Å²) in [5.74, 6) is 0.136. The first-order valence-corrected chi connectivity index (χ1v) is 8.80. The van der Waals surface area contributed by atoms with E-state index in [0.717, 1.165) is 12.0 Å². The molecule has 144 valence electrons. The maximum absolute atomic E-state index is 12.6. The predicted octanol–water partition coefficient (Wildman–Crippen LogP) is 4.86. The Kier molecular flexibility index (Phi) is 6.45. The molecule has 0 spiro atoms. The van der Waals surface area contributed by atoms with Gasteiger partial charge in [-0.15, -0.1) is 0 Å². The van der Waals surface area contributed by atoms with Crippen molar-refractivity contribution in [3.8, 4) is 5.75 Å². The summed E-state index contributed by atoms with van der Waals surface area (Å²) in [4.78, 5) is 24.8. The molecule has 0 heterocycles. The van der Waals surface area contributed by atoms with Gasteiger partial charge in [0.05, 0.1) is 12.8 Å². The average Bonchev–Trinajstić information content (AvgIpc) is 2.61. The van der Waals surface area contributed by atoms with Crippen LogP contribution in [0.5, 0.6) is 5.75 Å². The van der Waals surface area contributed by atoms with E-state index >= 15 is 0 Å². The first kappa shape index (κ1) is 20.3. The van der Waals surface area contributed by atoms with Crippen LogP contribution in [0.25, 0.3) is 0 Å². The van der Waals surface area contributed by atoms with Gasteiger partial charge in [0, 0.05) is 5.56 Å². The SMILES string of the molecule is CCc1ccc(C(=O)Nc2c(NC(=O)OC(C)(C)C)cccc2OC)cc1. The lowest BCUT2D eigenvalue weighted by atomic mass is 10.1. The molecule has 6 heteroatoms. The fourth-order valence-corrected chi connectivity index (χ4v) is 2.43. The maximum Gasteiger partial charge on any atom is 0.412 e. The molecule has 0 aliphatic heterocycles. The smallest absolute Gasteiger partial charge is 0.412 e. The van der Waals surface area contributed by atoms with Gasteiger partial charge in [0.1, 0.15) is 17.0 Å². The first-order chi connectivity index (χ1) is 12.7. The van der Waals surface area contributed by atoms with Crippen LogP contribution in [0.2, 0.25) is 0 Å². The third kappa shape index (κ3) is 5.74. The van der Waals surface area contributed by atoms with Gasteiger partial charge in [-0.05, 0) is 57.0 Å². The van der Waals surface area contributed by atoms with Crippen LogP contribution in [0.3, 0.4) is 0 Å². The predicted molar refractivity (Wildman–Crippen MR) is 107 cm³/mol. The van der Waals surface area contributed by atoms with Crippen molar-refractivity contribution >= 4 is 23.4 Å². The van der Waals surface area contributed by atoms with Gasteiger partial charge in [0.15, 0.2) is 0 Å². The molecule has 0 saturated heterocycles. The topological polar surface area (TPSA) is 76.7 Å². The normalized spacial score (nSPS) is 10.9. The number of carbonyl (C=O) groups excluding carboxylic acids is 2. The minimum absolute atomic E-state index is 0.297. The van der Waals surface area contributed by atoms with Crippen molar-refractivity contribution in [3.05, 3.63) is 53.6 Å². The Morgan fingerprint density at radius 1 is 1.00 bits per heavy atom. The summed E-state index contributed by atoms with van der Waals surface area (Å²) in [7, 11) is 1.50. The van der Waals surface area contributed by atoms with Crippen molar-refractivity contribution in [1.29, 1.82) is 0 Å². The molecule has 0 aliphatic rings. The van der Waals surface area contributed by atoms with Crippen LogP contribution in [-0.4, -0.2) is 24.7 Å². The monoisotopic (exact) mass is 370 g/mol. The van der Waals surface area contributed by atoms with Crippen LogP contribution in [0.15, 0.2) is 42.5 Å². The Morgan fingerprint density at radius 2 is 1.67 bits per heavy atom. The molecule has 2 rings (SSSR count). The lowest BCUT2D eigenvalue weighted by Gasteiger charge is -2.21. The molecule has 0 saturated carbocycles. The molecular weight excluding hydrogens is 344 g/mol. The van der Waals surface area contributed by atoms with Crippen molar-refractivity contribution in [2.75, 3.05) is 17.7 Å². The molecule has 0 aromatic heterocycles. The molecule has 0 bridgehead atoms. The van der Waals surface area contributed by atoms with E-state index in [1.54, 1.807) is 51.1 Å². The Labute approximate surface area is 159 Å². The van der Waals surface area contributed by atoms with Gasteiger partial charge in [-0.25, -0.2) is 4.79 Å². The van der Waals surface area contributed by atoms with Gasteiger partial charge in [0.2, 0.25) is 0 Å². The molecule has 0 unspecified atom stereocenters. The second kappa shape index (κ2) is 8.58. The molecule has 2 amide bonds. The minimum Gasteiger partial charge on any atom is -0.494 e. The molecule has 0 atom stereocenters. The number of hydrogen-bond acceptors (Lipinski definition) is 4. The van der Waals surface area contributed by atoms with Crippen molar-refractivity contribution in [1.82, 2.24) is 0 Å². The van der Waals surface area contributed by atoms with E-state index in [2.05, 4.69) is 17.6 Å². The van der Waals surface area contributed by atoms with E-state index in [4.69, 9.17) is 9.47 Å². The molecule has 2 aromatic rings. The number of para-hydroxylation sites is 1. The van der Waals surface area contributed by atoms with Crippen LogP contribution in [0, 0.1) is 0 Å². The summed E-state index contributed by atoms with van der Waals surface area (Å²) >= 11 is 0. The summed E-state index contributed by atoms with van der Waals surface area (Å²) in [6.45, 7) is 7.39. The summed E-state index contributed by atoms with van der Waals surface area (Å²) < 4.78 is 10.6. The van der Waals surface area contributed by atoms with Crippen molar-refractivity contribution < 1.29 is 19.1 Å². The number of amides is 2. The van der Waals surface area contributed by atoms with Gasteiger partial charge < -0.3 is 14.8 Å². The average molecular weight is 370 g/mol. The number of anilines is 2. The highest BCUT2D eigenvalue weighted by molar-refractivity contribution is 6.08. The van der Waals surface area contributed by atoms with Gasteiger partial charge in [-0.1, -0.05) is 25.1 Å². The van der Waals surface area contributed by atoms with E-state index in [-0.39, 0.29) is 5.91 Å². The van der Waals surface area contributed by atoms with Gasteiger partial charge in [-0.2, -0.15) is 0 Å². The Balaban J connectivity index is 2.25. The highest BCUT2D eigenvalue weighted by Gasteiger charge is 2.19. The van der Waals surface area contributed by atoms with Crippen molar-refractivity contribution in [2.45, 2.75) is 39.7 Å². The van der Waals surface area contributed by atoms with E-state index in [0.29, 0.717) is 22.7 Å². The summed E-state index contributed by atoms with van der Waals surface area (Å²) in [5.41, 5.74) is 1.79. The standard InChI is InChI=1S/C21H26N2O4/c1-6-14-10-12-15(13-11-14)19(24)23-18-16(8-7-9-17(18)26-5)22-20(25)27-21(2,3)4/h7-13H,6H2,1-5H3,(H,22,25)(H,23,24). The highest BCUT2D eigenvalue weighted by Crippen LogP contribution is 2.33. The molecule has 6 nitrogen and oxygen atoms in total. The quantitative estimate of drug-likeness (QED) is 0.788. The number of carbonyl (C=O) groups is 2. The zero-order valence-electron chi connectivity index (χ0n) is 16.4. The number of ether oxygens (including phenoxy) is 2. The minimum atomic E-state index is -0.632. The molecule has 27 heavy (non-hydrogen) atoms. The van der Waals surface area contributed by atoms with E-state index in [9.17, 15) is 9.59 Å². The van der Waals surface area contributed by atoms with Crippen LogP contribution in [0.1, 0.15) is 43.6 Å². The number of rotatable bonds is 5. The third-order valence-electron chi connectivity index (χ3n) is 3.74. The largest absolute Gasteiger partial charge is 0.494 e. The molecule has 0 fully saturated rings. The lowest BCUT2D eigenvalue weighted by Crippen LogP contribution is -2.27. The summed E-state index contributed by atoms with van der Waals surface area (Å²) in [6.07, 6.45) is 0.289. The van der Waals surface area contributed by atoms with Crippen molar-refractivity contribution in [2.24, 2.45) is 0 Å². The second-order valence-corrected chi connectivity index (χ2v) is 7.01. The summed E-state index contributed by atoms with van der Waals surface area (Å²) in [5, 5.41) is 5.48. The molecule has 0 aliphatic carbocycles. The lowest BCUT2D eigenvalue weighted by molar-refractivity contribution is 0.0635. The van der Waals surface area contributed by atoms with Crippen LogP contribution in [0.4, 0.5) is 16.2 Å². The van der Waals surface area contributed by atoms with Crippen LogP contribution >= 0.6 is 0 Å². The number of methoxy groups -OCH3 is 1.